The van der Waals surface area contributed by atoms with E-state index in [1.807, 2.05) is 0 Å². The summed E-state index contributed by atoms with van der Waals surface area (Å²) in [5.74, 6) is -0.553. The van der Waals surface area contributed by atoms with E-state index in [1.54, 1.807) is 20.8 Å². The van der Waals surface area contributed by atoms with E-state index < -0.39 is 19.2 Å². The maximum absolute atomic E-state index is 12.1. The summed E-state index contributed by atoms with van der Waals surface area (Å²) >= 11 is 0. The van der Waals surface area contributed by atoms with Gasteiger partial charge < -0.3 is 13.8 Å². The molecule has 0 aromatic carbocycles. The molecule has 15 heavy (non-hydrogen) atoms. The van der Waals surface area contributed by atoms with Gasteiger partial charge in [0, 0.05) is 0 Å². The fourth-order valence-electron chi connectivity index (χ4n) is 1.01. The van der Waals surface area contributed by atoms with Gasteiger partial charge in [-0.2, -0.15) is 0 Å². The van der Waals surface area contributed by atoms with Gasteiger partial charge in [0.15, 0.2) is 5.66 Å². The van der Waals surface area contributed by atoms with Gasteiger partial charge in [-0.3, -0.25) is 9.36 Å². The second kappa shape index (κ2) is 6.99. The molecule has 0 unspecified atom stereocenters. The van der Waals surface area contributed by atoms with E-state index in [9.17, 15) is 9.36 Å². The lowest BCUT2D eigenvalue weighted by Crippen LogP contribution is -2.22. The monoisotopic (exact) mass is 238 g/mol. The molecule has 0 fully saturated rings. The third-order valence-electron chi connectivity index (χ3n) is 1.72. The SMILES string of the molecule is CCOC(=O)[C@H](C)P(=O)(OCC)OCC. The first-order valence-corrected chi connectivity index (χ1v) is 6.68. The van der Waals surface area contributed by atoms with Gasteiger partial charge in [-0.25, -0.2) is 0 Å². The first kappa shape index (κ1) is 14.6. The summed E-state index contributed by atoms with van der Waals surface area (Å²) in [5, 5.41) is 0. The van der Waals surface area contributed by atoms with Crippen LogP contribution >= 0.6 is 7.60 Å². The van der Waals surface area contributed by atoms with Crippen LogP contribution in [0.15, 0.2) is 0 Å². The highest BCUT2D eigenvalue weighted by Crippen LogP contribution is 2.53. The molecule has 0 aliphatic rings. The van der Waals surface area contributed by atoms with Gasteiger partial charge in [-0.1, -0.05) is 0 Å². The highest BCUT2D eigenvalue weighted by Gasteiger charge is 2.38. The molecule has 0 amide bonds. The van der Waals surface area contributed by atoms with Gasteiger partial charge >= 0.3 is 13.6 Å². The van der Waals surface area contributed by atoms with Crippen LogP contribution in [-0.4, -0.2) is 31.4 Å². The molecule has 0 aliphatic heterocycles. The normalized spacial score (nSPS) is 13.6. The Morgan fingerprint density at radius 3 is 1.93 bits per heavy atom. The molecule has 90 valence electrons. The second-order valence-corrected chi connectivity index (χ2v) is 5.17. The number of hydrogen-bond acceptors (Lipinski definition) is 5. The van der Waals surface area contributed by atoms with Crippen molar-refractivity contribution in [2.45, 2.75) is 33.4 Å². The molecular weight excluding hydrogens is 219 g/mol. The van der Waals surface area contributed by atoms with E-state index in [1.165, 1.54) is 6.92 Å². The smallest absolute Gasteiger partial charge is 0.344 e. The van der Waals surface area contributed by atoms with Crippen molar-refractivity contribution in [1.82, 2.24) is 0 Å². The van der Waals surface area contributed by atoms with E-state index >= 15 is 0 Å². The first-order chi connectivity index (χ1) is 7.01. The lowest BCUT2D eigenvalue weighted by atomic mass is 10.5. The maximum atomic E-state index is 12.1. The number of carbonyl (C=O) groups is 1. The average Bonchev–Trinajstić information content (AvgIpc) is 2.17. The third kappa shape index (κ3) is 4.33. The summed E-state index contributed by atoms with van der Waals surface area (Å²) in [7, 11) is -3.37. The van der Waals surface area contributed by atoms with Crippen molar-refractivity contribution in [3.8, 4) is 0 Å². The van der Waals surface area contributed by atoms with Crippen LogP contribution < -0.4 is 0 Å². The van der Waals surface area contributed by atoms with Gasteiger partial charge in [-0.05, 0) is 27.7 Å². The molecule has 0 saturated carbocycles. The summed E-state index contributed by atoms with van der Waals surface area (Å²) < 4.78 is 26.9. The van der Waals surface area contributed by atoms with Crippen LogP contribution in [0.5, 0.6) is 0 Å². The lowest BCUT2D eigenvalue weighted by Gasteiger charge is -2.21. The van der Waals surface area contributed by atoms with Crippen molar-refractivity contribution in [2.75, 3.05) is 19.8 Å². The number of ether oxygens (including phenoxy) is 1. The molecule has 0 bridgehead atoms. The molecule has 1 atom stereocenters. The molecule has 0 spiro atoms. The largest absolute Gasteiger partial charge is 0.465 e. The Bertz CT molecular complexity index is 231. The highest BCUT2D eigenvalue weighted by molar-refractivity contribution is 7.55. The summed E-state index contributed by atoms with van der Waals surface area (Å²) in [4.78, 5) is 11.4. The van der Waals surface area contributed by atoms with Gasteiger partial charge in [0.25, 0.3) is 0 Å². The molecule has 0 aliphatic carbocycles. The van der Waals surface area contributed by atoms with Gasteiger partial charge in [0.05, 0.1) is 19.8 Å². The van der Waals surface area contributed by atoms with Crippen LogP contribution in [0.3, 0.4) is 0 Å². The van der Waals surface area contributed by atoms with Crippen LogP contribution in [-0.2, 0) is 23.1 Å². The maximum Gasteiger partial charge on any atom is 0.344 e. The standard InChI is InChI=1S/C9H19O5P/c1-5-12-9(10)8(4)15(11,13-6-2)14-7-3/h8H,5-7H2,1-4H3/t8-/m0/s1. The molecule has 0 rings (SSSR count). The topological polar surface area (TPSA) is 61.8 Å². The van der Waals surface area contributed by atoms with Crippen LogP contribution in [0.25, 0.3) is 0 Å². The van der Waals surface area contributed by atoms with Gasteiger partial charge in [0.2, 0.25) is 0 Å². The van der Waals surface area contributed by atoms with Crippen molar-refractivity contribution in [2.24, 2.45) is 0 Å². The molecular formula is C9H19O5P. The Kier molecular flexibility index (Phi) is 6.81. The molecule has 5 nitrogen and oxygen atoms in total. The Labute approximate surface area is 90.6 Å². The van der Waals surface area contributed by atoms with Crippen molar-refractivity contribution < 1.29 is 23.1 Å². The van der Waals surface area contributed by atoms with Crippen LogP contribution in [0.2, 0.25) is 0 Å². The fourth-order valence-corrected chi connectivity index (χ4v) is 2.59. The van der Waals surface area contributed by atoms with E-state index in [0.29, 0.717) is 0 Å². The van der Waals surface area contributed by atoms with Crippen LogP contribution in [0, 0.1) is 0 Å². The summed E-state index contributed by atoms with van der Waals surface area (Å²) in [6, 6.07) is 0. The van der Waals surface area contributed by atoms with E-state index in [4.69, 9.17) is 13.8 Å². The zero-order chi connectivity index (χ0) is 11.9. The van der Waals surface area contributed by atoms with Crippen molar-refractivity contribution >= 4 is 13.6 Å². The molecule has 0 aromatic rings. The summed E-state index contributed by atoms with van der Waals surface area (Å²) in [6.45, 7) is 7.30. The first-order valence-electron chi connectivity index (χ1n) is 5.07. The zero-order valence-electron chi connectivity index (χ0n) is 9.69. The molecule has 0 aromatic heterocycles. The predicted octanol–water partition coefficient (Wildman–Crippen LogP) is 2.20. The van der Waals surface area contributed by atoms with E-state index in [-0.39, 0.29) is 19.8 Å². The summed E-state index contributed by atoms with van der Waals surface area (Å²) in [6.07, 6.45) is 0. The quantitative estimate of drug-likeness (QED) is 0.502. The molecule has 6 heteroatoms. The second-order valence-electron chi connectivity index (χ2n) is 2.80. The van der Waals surface area contributed by atoms with Crippen LogP contribution in [0.4, 0.5) is 0 Å². The number of esters is 1. The third-order valence-corrected chi connectivity index (χ3v) is 4.12. The Morgan fingerprint density at radius 2 is 1.60 bits per heavy atom. The Morgan fingerprint density at radius 1 is 1.13 bits per heavy atom. The van der Waals surface area contributed by atoms with Crippen molar-refractivity contribution in [1.29, 1.82) is 0 Å². The summed E-state index contributed by atoms with van der Waals surface area (Å²) in [5.41, 5.74) is -0.877. The minimum absolute atomic E-state index is 0.237. The molecule has 0 saturated heterocycles. The minimum Gasteiger partial charge on any atom is -0.465 e. The molecule has 0 N–H and O–H groups in total. The average molecular weight is 238 g/mol. The predicted molar refractivity (Wildman–Crippen MR) is 57.0 cm³/mol. The van der Waals surface area contributed by atoms with Crippen molar-refractivity contribution in [3.05, 3.63) is 0 Å². The number of rotatable bonds is 7. The Balaban J connectivity index is 4.60. The fraction of sp³-hybridized carbons (Fsp3) is 0.889. The zero-order valence-corrected chi connectivity index (χ0v) is 10.6. The minimum atomic E-state index is -3.37. The lowest BCUT2D eigenvalue weighted by molar-refractivity contribution is -0.142. The van der Waals surface area contributed by atoms with Gasteiger partial charge in [-0.15, -0.1) is 0 Å². The van der Waals surface area contributed by atoms with E-state index in [0.717, 1.165) is 0 Å². The number of hydrogen-bond donors (Lipinski definition) is 0. The number of carbonyl (C=O) groups excluding carboxylic acids is 1. The Hall–Kier alpha value is -0.380. The van der Waals surface area contributed by atoms with Gasteiger partial charge in [0.1, 0.15) is 0 Å². The highest BCUT2D eigenvalue weighted by atomic mass is 31.2. The van der Waals surface area contributed by atoms with E-state index in [2.05, 4.69) is 0 Å². The van der Waals surface area contributed by atoms with Crippen molar-refractivity contribution in [3.63, 3.8) is 0 Å². The van der Waals surface area contributed by atoms with Crippen LogP contribution in [0.1, 0.15) is 27.7 Å². The molecule has 0 radical (unpaired) electrons. The molecule has 0 heterocycles.